The van der Waals surface area contributed by atoms with Crippen LogP contribution in [0.3, 0.4) is 0 Å². The van der Waals surface area contributed by atoms with Gasteiger partial charge >= 0.3 is 0 Å². The molecule has 0 radical (unpaired) electrons. The fourth-order valence-electron chi connectivity index (χ4n) is 3.36. The molecular formula is C25H26N2O3. The summed E-state index contributed by atoms with van der Waals surface area (Å²) in [6.07, 6.45) is 0.207. The topological polar surface area (TPSA) is 78.4 Å². The number of Topliss-reactive ketones (excluding diaryl/α,β-unsaturated/α-hetero) is 1. The van der Waals surface area contributed by atoms with Crippen LogP contribution in [-0.4, -0.2) is 16.8 Å². The Morgan fingerprint density at radius 1 is 0.833 bits per heavy atom. The summed E-state index contributed by atoms with van der Waals surface area (Å²) in [6, 6.07) is 16.8. The van der Waals surface area contributed by atoms with Crippen molar-refractivity contribution in [2.24, 2.45) is 0 Å². The minimum Gasteiger partial charge on any atom is -0.506 e. The average Bonchev–Trinajstić information content (AvgIpc) is 2.74. The van der Waals surface area contributed by atoms with Crippen molar-refractivity contribution < 1.29 is 14.7 Å². The van der Waals surface area contributed by atoms with Crippen LogP contribution in [0.15, 0.2) is 54.6 Å². The Kier molecular flexibility index (Phi) is 6.21. The third-order valence-corrected chi connectivity index (χ3v) is 5.22. The van der Waals surface area contributed by atoms with Crippen molar-refractivity contribution in [1.29, 1.82) is 0 Å². The number of anilines is 3. The van der Waals surface area contributed by atoms with E-state index in [0.717, 1.165) is 16.8 Å². The van der Waals surface area contributed by atoms with Crippen molar-refractivity contribution in [1.82, 2.24) is 0 Å². The van der Waals surface area contributed by atoms with Gasteiger partial charge in [-0.3, -0.25) is 9.59 Å². The molecule has 3 aromatic carbocycles. The van der Waals surface area contributed by atoms with E-state index in [4.69, 9.17) is 0 Å². The number of para-hydroxylation sites is 1. The first-order chi connectivity index (χ1) is 14.3. The molecule has 1 amide bonds. The Morgan fingerprint density at radius 2 is 1.47 bits per heavy atom. The van der Waals surface area contributed by atoms with Crippen molar-refractivity contribution >= 4 is 28.8 Å². The third-order valence-electron chi connectivity index (χ3n) is 5.22. The molecule has 0 fully saturated rings. The molecule has 0 bridgehead atoms. The highest BCUT2D eigenvalue weighted by Gasteiger charge is 2.27. The standard InChI is InChI=1S/C25H26N2O3/c1-5-20(28)22-23(26-19-13-11-15(2)12-14-19)17(4)16(3)21(24(22)29)25(30)27-18-9-7-6-8-10-18/h6-14,26,29H,5H2,1-4H3,(H,27,30). The summed E-state index contributed by atoms with van der Waals surface area (Å²) in [5.74, 6) is -0.988. The number of rotatable bonds is 6. The number of aromatic hydroxyl groups is 1. The Hall–Kier alpha value is -3.60. The minimum absolute atomic E-state index is 0.114. The maximum atomic E-state index is 13.0. The van der Waals surface area contributed by atoms with Gasteiger partial charge in [-0.05, 0) is 56.2 Å². The lowest BCUT2D eigenvalue weighted by Gasteiger charge is -2.21. The molecule has 3 rings (SSSR count). The summed E-state index contributed by atoms with van der Waals surface area (Å²) >= 11 is 0. The molecule has 3 N–H and O–H groups in total. The summed E-state index contributed by atoms with van der Waals surface area (Å²) in [5, 5.41) is 17.1. The van der Waals surface area contributed by atoms with Gasteiger partial charge in [0, 0.05) is 17.8 Å². The van der Waals surface area contributed by atoms with Gasteiger partial charge in [0.15, 0.2) is 5.78 Å². The molecule has 30 heavy (non-hydrogen) atoms. The molecule has 5 nitrogen and oxygen atoms in total. The highest BCUT2D eigenvalue weighted by atomic mass is 16.3. The lowest BCUT2D eigenvalue weighted by atomic mass is 9.92. The lowest BCUT2D eigenvalue weighted by molar-refractivity contribution is 0.0986. The molecule has 0 heterocycles. The number of ketones is 1. The van der Waals surface area contributed by atoms with E-state index >= 15 is 0 Å². The number of phenolic OH excluding ortho intramolecular Hbond substituents is 1. The zero-order chi connectivity index (χ0) is 21.8. The van der Waals surface area contributed by atoms with Crippen LogP contribution in [0.25, 0.3) is 0 Å². The van der Waals surface area contributed by atoms with Gasteiger partial charge in [0.2, 0.25) is 0 Å². The van der Waals surface area contributed by atoms with Gasteiger partial charge in [0.05, 0.1) is 16.8 Å². The summed E-state index contributed by atoms with van der Waals surface area (Å²) in [6.45, 7) is 7.35. The van der Waals surface area contributed by atoms with Crippen LogP contribution in [0.5, 0.6) is 5.75 Å². The van der Waals surface area contributed by atoms with Crippen molar-refractivity contribution in [2.45, 2.75) is 34.1 Å². The number of amides is 1. The number of benzene rings is 3. The second kappa shape index (κ2) is 8.82. The largest absolute Gasteiger partial charge is 0.506 e. The monoisotopic (exact) mass is 402 g/mol. The van der Waals surface area contributed by atoms with Gasteiger partial charge in [0.1, 0.15) is 5.75 Å². The fourth-order valence-corrected chi connectivity index (χ4v) is 3.36. The van der Waals surface area contributed by atoms with Crippen molar-refractivity contribution in [3.63, 3.8) is 0 Å². The quantitative estimate of drug-likeness (QED) is 0.448. The SMILES string of the molecule is CCC(=O)c1c(O)c(C(=O)Nc2ccccc2)c(C)c(C)c1Nc1ccc(C)cc1. The van der Waals surface area contributed by atoms with E-state index in [0.29, 0.717) is 16.9 Å². The first-order valence-corrected chi connectivity index (χ1v) is 9.92. The first kappa shape index (κ1) is 21.1. The van der Waals surface area contributed by atoms with Crippen LogP contribution in [0.4, 0.5) is 17.1 Å². The fraction of sp³-hybridized carbons (Fsp3) is 0.200. The zero-order valence-corrected chi connectivity index (χ0v) is 17.7. The molecular weight excluding hydrogens is 376 g/mol. The molecule has 0 saturated carbocycles. The Morgan fingerprint density at radius 3 is 2.07 bits per heavy atom. The number of aryl methyl sites for hydroxylation is 1. The average molecular weight is 402 g/mol. The van der Waals surface area contributed by atoms with E-state index in [1.165, 1.54) is 0 Å². The van der Waals surface area contributed by atoms with Gasteiger partial charge < -0.3 is 15.7 Å². The highest BCUT2D eigenvalue weighted by molar-refractivity contribution is 6.13. The second-order valence-corrected chi connectivity index (χ2v) is 7.31. The first-order valence-electron chi connectivity index (χ1n) is 9.92. The predicted molar refractivity (Wildman–Crippen MR) is 121 cm³/mol. The summed E-state index contributed by atoms with van der Waals surface area (Å²) in [4.78, 5) is 25.7. The second-order valence-electron chi connectivity index (χ2n) is 7.31. The number of hydrogen-bond acceptors (Lipinski definition) is 4. The van der Waals surface area contributed by atoms with Crippen LogP contribution < -0.4 is 10.6 Å². The van der Waals surface area contributed by atoms with E-state index in [1.807, 2.05) is 56.3 Å². The van der Waals surface area contributed by atoms with Crippen LogP contribution in [0.1, 0.15) is 50.8 Å². The Balaban J connectivity index is 2.11. The normalized spacial score (nSPS) is 10.5. The molecule has 0 aliphatic heterocycles. The van der Waals surface area contributed by atoms with E-state index in [9.17, 15) is 14.7 Å². The number of phenols is 1. The lowest BCUT2D eigenvalue weighted by Crippen LogP contribution is -2.17. The van der Waals surface area contributed by atoms with E-state index in [-0.39, 0.29) is 29.1 Å². The molecule has 0 aliphatic rings. The number of nitrogens with one attached hydrogen (secondary N) is 2. The Labute approximate surface area is 176 Å². The molecule has 0 spiro atoms. The molecule has 3 aromatic rings. The van der Waals surface area contributed by atoms with Gasteiger partial charge in [0.25, 0.3) is 5.91 Å². The van der Waals surface area contributed by atoms with Crippen LogP contribution in [-0.2, 0) is 0 Å². The molecule has 0 aliphatic carbocycles. The maximum absolute atomic E-state index is 13.0. The molecule has 0 atom stereocenters. The molecule has 5 heteroatoms. The van der Waals surface area contributed by atoms with E-state index in [1.54, 1.807) is 26.0 Å². The predicted octanol–water partition coefficient (Wildman–Crippen LogP) is 5.91. The van der Waals surface area contributed by atoms with Gasteiger partial charge in [-0.1, -0.05) is 42.8 Å². The summed E-state index contributed by atoms with van der Waals surface area (Å²) in [5.41, 5.74) is 4.66. The smallest absolute Gasteiger partial charge is 0.259 e. The Bertz CT molecular complexity index is 1090. The maximum Gasteiger partial charge on any atom is 0.259 e. The minimum atomic E-state index is -0.452. The van der Waals surface area contributed by atoms with Crippen LogP contribution >= 0.6 is 0 Å². The summed E-state index contributed by atoms with van der Waals surface area (Å²) < 4.78 is 0. The molecule has 0 saturated heterocycles. The molecule has 0 unspecified atom stereocenters. The van der Waals surface area contributed by atoms with Gasteiger partial charge in [-0.2, -0.15) is 0 Å². The highest BCUT2D eigenvalue weighted by Crippen LogP contribution is 2.39. The number of carbonyl (C=O) groups excluding carboxylic acids is 2. The van der Waals surface area contributed by atoms with Gasteiger partial charge in [-0.25, -0.2) is 0 Å². The van der Waals surface area contributed by atoms with Crippen molar-refractivity contribution in [2.75, 3.05) is 10.6 Å². The van der Waals surface area contributed by atoms with Crippen LogP contribution in [0, 0.1) is 20.8 Å². The molecule has 0 aromatic heterocycles. The van der Waals surface area contributed by atoms with E-state index < -0.39 is 5.91 Å². The third kappa shape index (κ3) is 4.20. The number of hydrogen-bond donors (Lipinski definition) is 3. The van der Waals surface area contributed by atoms with Crippen molar-refractivity contribution in [3.8, 4) is 5.75 Å². The van der Waals surface area contributed by atoms with Crippen molar-refractivity contribution in [3.05, 3.63) is 82.4 Å². The number of carbonyl (C=O) groups is 2. The van der Waals surface area contributed by atoms with Gasteiger partial charge in [-0.15, -0.1) is 0 Å². The van der Waals surface area contributed by atoms with Crippen LogP contribution in [0.2, 0.25) is 0 Å². The summed E-state index contributed by atoms with van der Waals surface area (Å²) in [7, 11) is 0. The molecule has 154 valence electrons. The van der Waals surface area contributed by atoms with E-state index in [2.05, 4.69) is 10.6 Å². The zero-order valence-electron chi connectivity index (χ0n) is 17.7.